The van der Waals surface area contributed by atoms with E-state index in [9.17, 15) is 4.79 Å². The summed E-state index contributed by atoms with van der Waals surface area (Å²) in [6, 6.07) is 15.1. The largest absolute Gasteiger partial charge is 0.378 e. The van der Waals surface area contributed by atoms with Gasteiger partial charge in [-0.25, -0.2) is 0 Å². The van der Waals surface area contributed by atoms with Gasteiger partial charge in [-0.1, -0.05) is 11.6 Å². The van der Waals surface area contributed by atoms with Crippen LogP contribution in [-0.2, 0) is 0 Å². The van der Waals surface area contributed by atoms with Gasteiger partial charge < -0.3 is 4.90 Å². The number of carbonyl (C=O) groups is 1. The Morgan fingerprint density at radius 2 is 1.71 bits per heavy atom. The van der Waals surface area contributed by atoms with Crippen LogP contribution < -0.4 is 9.62 Å². The Bertz CT molecular complexity index is 597. The van der Waals surface area contributed by atoms with Crippen molar-refractivity contribution >= 4 is 35.0 Å². The van der Waals surface area contributed by atoms with Crippen LogP contribution in [0.4, 0.5) is 5.69 Å². The molecular weight excluding hydrogens is 304 g/mol. The molecule has 5 heteroatoms. The molecule has 0 atom stereocenters. The summed E-state index contributed by atoms with van der Waals surface area (Å²) in [6.45, 7) is 0.286. The average molecular weight is 321 g/mol. The van der Waals surface area contributed by atoms with Crippen LogP contribution in [0.25, 0.3) is 0 Å². The van der Waals surface area contributed by atoms with Crippen LogP contribution in [0.15, 0.2) is 53.4 Å². The van der Waals surface area contributed by atoms with Crippen LogP contribution >= 0.6 is 23.5 Å². The van der Waals surface area contributed by atoms with Crippen molar-refractivity contribution in [1.29, 1.82) is 0 Å². The Kier molecular flexibility index (Phi) is 5.67. The molecule has 21 heavy (non-hydrogen) atoms. The summed E-state index contributed by atoms with van der Waals surface area (Å²) >= 11 is 7.25. The molecule has 0 aromatic heterocycles. The summed E-state index contributed by atoms with van der Waals surface area (Å²) in [7, 11) is 3.95. The van der Waals surface area contributed by atoms with E-state index >= 15 is 0 Å². The molecule has 1 N–H and O–H groups in total. The average Bonchev–Trinajstić information content (AvgIpc) is 2.49. The number of nitrogens with one attached hydrogen (secondary N) is 1. The molecule has 3 nitrogen and oxygen atoms in total. The first kappa shape index (κ1) is 15.9. The van der Waals surface area contributed by atoms with E-state index in [1.165, 1.54) is 11.9 Å². The van der Waals surface area contributed by atoms with Crippen LogP contribution in [0.2, 0.25) is 5.02 Å². The summed E-state index contributed by atoms with van der Waals surface area (Å²) in [5.41, 5.74) is 1.79. The second kappa shape index (κ2) is 7.50. The summed E-state index contributed by atoms with van der Waals surface area (Å²) in [5.74, 6) is 0.0711. The van der Waals surface area contributed by atoms with E-state index in [2.05, 4.69) is 4.72 Å². The molecule has 2 rings (SSSR count). The van der Waals surface area contributed by atoms with Gasteiger partial charge in [0, 0.05) is 35.3 Å². The van der Waals surface area contributed by atoms with Crippen molar-refractivity contribution in [2.75, 3.05) is 25.5 Å². The van der Waals surface area contributed by atoms with Crippen molar-refractivity contribution in [1.82, 2.24) is 4.72 Å². The minimum atomic E-state index is 0.0711. The molecule has 0 unspecified atom stereocenters. The Balaban J connectivity index is 1.85. The van der Waals surface area contributed by atoms with Crippen LogP contribution in [-0.4, -0.2) is 26.4 Å². The number of carbonyl (C=O) groups excluding carboxylic acids is 1. The summed E-state index contributed by atoms with van der Waals surface area (Å²) in [5, 5.41) is 0.705. The molecule has 0 fully saturated rings. The van der Waals surface area contributed by atoms with Crippen LogP contribution in [0.1, 0.15) is 10.4 Å². The molecule has 2 aromatic rings. The Hall–Kier alpha value is -1.49. The van der Waals surface area contributed by atoms with Gasteiger partial charge in [-0.3, -0.25) is 9.52 Å². The maximum Gasteiger partial charge on any atom is 0.177 e. The van der Waals surface area contributed by atoms with Crippen molar-refractivity contribution in [2.45, 2.75) is 4.90 Å². The minimum Gasteiger partial charge on any atom is -0.378 e. The highest BCUT2D eigenvalue weighted by Gasteiger charge is 2.06. The Morgan fingerprint density at radius 3 is 2.29 bits per heavy atom. The number of anilines is 1. The predicted molar refractivity (Wildman–Crippen MR) is 90.4 cm³/mol. The number of Topliss-reactive ketones (excluding diaryl/α,β-unsaturated/α-hetero) is 1. The number of halogens is 1. The van der Waals surface area contributed by atoms with Gasteiger partial charge in [-0.05, 0) is 60.5 Å². The first-order valence-electron chi connectivity index (χ1n) is 6.52. The molecule has 110 valence electrons. The standard InChI is InChI=1S/C16H17ClN2OS/c1-19(2)14-7-3-12(4-8-14)16(20)11-18-21-15-9-5-13(17)6-10-15/h3-10,18H,11H2,1-2H3. The first-order valence-corrected chi connectivity index (χ1v) is 7.71. The van der Waals surface area contributed by atoms with Gasteiger partial charge in [0.25, 0.3) is 0 Å². The van der Waals surface area contributed by atoms with Gasteiger partial charge in [0.2, 0.25) is 0 Å². The third-order valence-corrected chi connectivity index (χ3v) is 3.99. The van der Waals surface area contributed by atoms with E-state index in [0.717, 1.165) is 10.6 Å². The lowest BCUT2D eigenvalue weighted by atomic mass is 10.1. The molecule has 0 bridgehead atoms. The molecule has 0 saturated carbocycles. The third kappa shape index (κ3) is 4.77. The van der Waals surface area contributed by atoms with E-state index in [1.807, 2.05) is 67.5 Å². The number of ketones is 1. The molecule has 0 saturated heterocycles. The topological polar surface area (TPSA) is 32.3 Å². The molecule has 0 amide bonds. The second-order valence-electron chi connectivity index (χ2n) is 4.74. The quantitative estimate of drug-likeness (QED) is 0.646. The number of nitrogens with zero attached hydrogens (tertiary/aromatic N) is 1. The smallest absolute Gasteiger partial charge is 0.177 e. The van der Waals surface area contributed by atoms with E-state index in [0.29, 0.717) is 10.6 Å². The van der Waals surface area contributed by atoms with E-state index in [4.69, 9.17) is 11.6 Å². The Labute approximate surface area is 134 Å². The zero-order valence-corrected chi connectivity index (χ0v) is 13.5. The van der Waals surface area contributed by atoms with Crippen molar-refractivity contribution in [2.24, 2.45) is 0 Å². The van der Waals surface area contributed by atoms with Crippen molar-refractivity contribution in [3.8, 4) is 0 Å². The molecule has 0 heterocycles. The van der Waals surface area contributed by atoms with Crippen molar-refractivity contribution < 1.29 is 4.79 Å². The monoisotopic (exact) mass is 320 g/mol. The second-order valence-corrected chi connectivity index (χ2v) is 6.14. The highest BCUT2D eigenvalue weighted by atomic mass is 35.5. The van der Waals surface area contributed by atoms with Crippen LogP contribution in [0.3, 0.4) is 0 Å². The molecule has 2 aromatic carbocycles. The van der Waals surface area contributed by atoms with Crippen LogP contribution in [0, 0.1) is 0 Å². The molecule has 0 aliphatic rings. The maximum absolute atomic E-state index is 12.1. The van der Waals surface area contributed by atoms with Gasteiger partial charge in [0.1, 0.15) is 0 Å². The summed E-state index contributed by atoms with van der Waals surface area (Å²) in [4.78, 5) is 15.1. The SMILES string of the molecule is CN(C)c1ccc(C(=O)CNSc2ccc(Cl)cc2)cc1. The zero-order valence-electron chi connectivity index (χ0n) is 12.0. The lowest BCUT2D eigenvalue weighted by Crippen LogP contribution is -2.17. The van der Waals surface area contributed by atoms with Crippen molar-refractivity contribution in [3.63, 3.8) is 0 Å². The van der Waals surface area contributed by atoms with Gasteiger partial charge in [0.05, 0.1) is 6.54 Å². The fourth-order valence-electron chi connectivity index (χ4n) is 1.74. The van der Waals surface area contributed by atoms with E-state index in [-0.39, 0.29) is 12.3 Å². The lowest BCUT2D eigenvalue weighted by Gasteiger charge is -2.12. The zero-order chi connectivity index (χ0) is 15.2. The normalized spacial score (nSPS) is 10.4. The molecule has 0 aliphatic carbocycles. The minimum absolute atomic E-state index is 0.0711. The fourth-order valence-corrected chi connectivity index (χ4v) is 2.50. The maximum atomic E-state index is 12.1. The molecule has 0 spiro atoms. The summed E-state index contributed by atoms with van der Waals surface area (Å²) in [6.07, 6.45) is 0. The fraction of sp³-hybridized carbons (Fsp3) is 0.188. The van der Waals surface area contributed by atoms with Crippen LogP contribution in [0.5, 0.6) is 0 Å². The number of benzene rings is 2. The van der Waals surface area contributed by atoms with E-state index in [1.54, 1.807) is 0 Å². The van der Waals surface area contributed by atoms with Gasteiger partial charge in [0.15, 0.2) is 5.78 Å². The molecular formula is C16H17ClN2OS. The highest BCUT2D eigenvalue weighted by molar-refractivity contribution is 7.97. The predicted octanol–water partition coefficient (Wildman–Crippen LogP) is 3.89. The first-order chi connectivity index (χ1) is 10.1. The summed E-state index contributed by atoms with van der Waals surface area (Å²) < 4.78 is 3.07. The van der Waals surface area contributed by atoms with Gasteiger partial charge >= 0.3 is 0 Å². The van der Waals surface area contributed by atoms with E-state index < -0.39 is 0 Å². The Morgan fingerprint density at radius 1 is 1.10 bits per heavy atom. The number of rotatable bonds is 6. The molecule has 0 aliphatic heterocycles. The lowest BCUT2D eigenvalue weighted by molar-refractivity contribution is 0.0998. The number of hydrogen-bond acceptors (Lipinski definition) is 4. The van der Waals surface area contributed by atoms with Gasteiger partial charge in [-0.15, -0.1) is 0 Å². The van der Waals surface area contributed by atoms with Gasteiger partial charge in [-0.2, -0.15) is 0 Å². The third-order valence-electron chi connectivity index (χ3n) is 2.94. The van der Waals surface area contributed by atoms with Crippen molar-refractivity contribution in [3.05, 3.63) is 59.1 Å². The number of hydrogen-bond donors (Lipinski definition) is 1. The molecule has 0 radical (unpaired) electrons. The highest BCUT2D eigenvalue weighted by Crippen LogP contribution is 2.18.